The van der Waals surface area contributed by atoms with Crippen LogP contribution in [-0.2, 0) is 4.79 Å². The molecule has 2 unspecified atom stereocenters. The molecular formula is C24H29ClFN7O. The zero-order chi connectivity index (χ0) is 23.5. The van der Waals surface area contributed by atoms with Crippen molar-refractivity contribution in [3.8, 4) is 11.4 Å². The Morgan fingerprint density at radius 1 is 1.18 bits per heavy atom. The van der Waals surface area contributed by atoms with Gasteiger partial charge in [0.25, 0.3) is 0 Å². The predicted octanol–water partition coefficient (Wildman–Crippen LogP) is 3.90. The van der Waals surface area contributed by atoms with E-state index in [1.807, 2.05) is 0 Å². The number of aromatic nitrogens is 4. The highest BCUT2D eigenvalue weighted by Crippen LogP contribution is 2.29. The lowest BCUT2D eigenvalue weighted by Crippen LogP contribution is -2.44. The largest absolute Gasteiger partial charge is 0.367 e. The van der Waals surface area contributed by atoms with Gasteiger partial charge in [0.1, 0.15) is 5.65 Å². The van der Waals surface area contributed by atoms with Crippen LogP contribution < -0.4 is 16.0 Å². The van der Waals surface area contributed by atoms with Crippen molar-refractivity contribution in [3.63, 3.8) is 0 Å². The average Bonchev–Trinajstić information content (AvgIpc) is 3.27. The smallest absolute Gasteiger partial charge is 0.223 e. The first-order chi connectivity index (χ1) is 16.6. The number of fused-ring (bicyclic) bond motifs is 1. The van der Waals surface area contributed by atoms with Gasteiger partial charge in [-0.15, -0.1) is 0 Å². The van der Waals surface area contributed by atoms with Gasteiger partial charge in [-0.25, -0.2) is 19.3 Å². The fourth-order valence-electron chi connectivity index (χ4n) is 5.04. The van der Waals surface area contributed by atoms with Crippen molar-refractivity contribution in [1.82, 2.24) is 30.6 Å². The van der Waals surface area contributed by atoms with Gasteiger partial charge in [0.15, 0.2) is 17.5 Å². The van der Waals surface area contributed by atoms with Crippen LogP contribution in [0.4, 0.5) is 10.2 Å². The van der Waals surface area contributed by atoms with Gasteiger partial charge in [-0.3, -0.25) is 4.79 Å². The Kier molecular flexibility index (Phi) is 6.92. The quantitative estimate of drug-likeness (QED) is 0.422. The normalized spacial score (nSPS) is 21.5. The zero-order valence-corrected chi connectivity index (χ0v) is 19.7. The van der Waals surface area contributed by atoms with E-state index in [0.717, 1.165) is 57.0 Å². The van der Waals surface area contributed by atoms with Gasteiger partial charge in [0, 0.05) is 41.8 Å². The highest BCUT2D eigenvalue weighted by Gasteiger charge is 2.27. The number of carbonyl (C=O) groups is 1. The van der Waals surface area contributed by atoms with Crippen molar-refractivity contribution in [2.75, 3.05) is 25.0 Å². The molecule has 2 fully saturated rings. The van der Waals surface area contributed by atoms with Crippen LogP contribution in [0, 0.1) is 17.7 Å². The van der Waals surface area contributed by atoms with Crippen molar-refractivity contribution in [2.45, 2.75) is 44.6 Å². The van der Waals surface area contributed by atoms with Gasteiger partial charge in [-0.05, 0) is 57.2 Å². The summed E-state index contributed by atoms with van der Waals surface area (Å²) in [5, 5.41) is 11.0. The molecule has 8 nitrogen and oxygen atoms in total. The second-order valence-corrected chi connectivity index (χ2v) is 9.72. The predicted molar refractivity (Wildman–Crippen MR) is 130 cm³/mol. The number of aromatic amines is 1. The van der Waals surface area contributed by atoms with Crippen LogP contribution >= 0.6 is 11.6 Å². The molecule has 2 atom stereocenters. The number of H-pyrrole nitrogens is 1. The van der Waals surface area contributed by atoms with Crippen molar-refractivity contribution in [3.05, 3.63) is 35.5 Å². The fourth-order valence-corrected chi connectivity index (χ4v) is 5.19. The van der Waals surface area contributed by atoms with E-state index in [9.17, 15) is 9.18 Å². The summed E-state index contributed by atoms with van der Waals surface area (Å²) in [5.74, 6) is 0.709. The topological polar surface area (TPSA) is 108 Å². The van der Waals surface area contributed by atoms with Gasteiger partial charge in [0.2, 0.25) is 5.91 Å². The van der Waals surface area contributed by atoms with Crippen molar-refractivity contribution in [1.29, 1.82) is 0 Å². The Morgan fingerprint density at radius 3 is 2.88 bits per heavy atom. The Hall–Kier alpha value is -2.78. The summed E-state index contributed by atoms with van der Waals surface area (Å²) in [6.45, 7) is 2.40. The van der Waals surface area contributed by atoms with E-state index in [1.54, 1.807) is 18.5 Å². The molecule has 1 saturated carbocycles. The lowest BCUT2D eigenvalue weighted by molar-refractivity contribution is -0.126. The van der Waals surface area contributed by atoms with Crippen molar-refractivity contribution in [2.24, 2.45) is 11.8 Å². The number of rotatable bonds is 6. The minimum Gasteiger partial charge on any atom is -0.367 e. The first-order valence-electron chi connectivity index (χ1n) is 12.0. The number of piperidine rings is 1. The maximum atomic E-state index is 14.5. The van der Waals surface area contributed by atoms with E-state index in [4.69, 9.17) is 11.6 Å². The lowest BCUT2D eigenvalue weighted by atomic mass is 9.85. The minimum atomic E-state index is -0.494. The molecule has 10 heteroatoms. The molecule has 1 aliphatic carbocycles. The van der Waals surface area contributed by atoms with Crippen LogP contribution in [0.15, 0.2) is 24.7 Å². The molecule has 4 heterocycles. The van der Waals surface area contributed by atoms with Crippen LogP contribution in [0.3, 0.4) is 0 Å². The molecular weight excluding hydrogens is 457 g/mol. The lowest BCUT2D eigenvalue weighted by Gasteiger charge is -2.32. The third kappa shape index (κ3) is 5.15. The number of pyridine rings is 1. The number of halogens is 2. The molecule has 0 bridgehead atoms. The molecule has 3 aromatic rings. The summed E-state index contributed by atoms with van der Waals surface area (Å²) in [4.78, 5) is 28.6. The molecule has 0 radical (unpaired) electrons. The van der Waals surface area contributed by atoms with E-state index in [2.05, 4.69) is 35.9 Å². The fraction of sp³-hybridized carbons (Fsp3) is 0.500. The summed E-state index contributed by atoms with van der Waals surface area (Å²) in [6.07, 6.45) is 10.3. The van der Waals surface area contributed by atoms with E-state index in [-0.39, 0.29) is 23.7 Å². The van der Waals surface area contributed by atoms with Crippen LogP contribution in [0.1, 0.15) is 38.5 Å². The minimum absolute atomic E-state index is 0.114. The number of nitrogens with zero attached hydrogens (tertiary/aromatic N) is 3. The third-order valence-electron chi connectivity index (χ3n) is 6.88. The summed E-state index contributed by atoms with van der Waals surface area (Å²) in [7, 11) is 0. The summed E-state index contributed by atoms with van der Waals surface area (Å²) in [6, 6.07) is 1.97. The highest BCUT2D eigenvalue weighted by molar-refractivity contribution is 6.31. The zero-order valence-electron chi connectivity index (χ0n) is 18.9. The van der Waals surface area contributed by atoms with Gasteiger partial charge in [0.05, 0.1) is 11.2 Å². The number of carbonyl (C=O) groups excluding carboxylic acids is 1. The second kappa shape index (κ2) is 10.2. The molecule has 180 valence electrons. The molecule has 0 spiro atoms. The van der Waals surface area contributed by atoms with E-state index in [0.29, 0.717) is 34.5 Å². The van der Waals surface area contributed by atoms with Gasteiger partial charge in [-0.1, -0.05) is 18.0 Å². The van der Waals surface area contributed by atoms with Crippen LogP contribution in [0.2, 0.25) is 5.02 Å². The summed E-state index contributed by atoms with van der Waals surface area (Å²) >= 11 is 6.10. The molecule has 34 heavy (non-hydrogen) atoms. The Balaban J connectivity index is 1.22. The SMILES string of the molecule is O=C(NC1CCCC(CNc2nc(-c3c[nH]c4ncc(Cl)cc34)ncc2F)C1)C1CCNCC1. The molecule has 0 aromatic carbocycles. The maximum Gasteiger partial charge on any atom is 0.223 e. The summed E-state index contributed by atoms with van der Waals surface area (Å²) < 4.78 is 14.5. The first-order valence-corrected chi connectivity index (χ1v) is 12.3. The molecule has 2 aliphatic rings. The number of anilines is 1. The van der Waals surface area contributed by atoms with Gasteiger partial charge < -0.3 is 20.9 Å². The van der Waals surface area contributed by atoms with Crippen LogP contribution in [0.5, 0.6) is 0 Å². The van der Waals surface area contributed by atoms with Crippen LogP contribution in [-0.4, -0.2) is 51.5 Å². The Bertz CT molecular complexity index is 1160. The highest BCUT2D eigenvalue weighted by atomic mass is 35.5. The Labute approximate surface area is 202 Å². The average molecular weight is 486 g/mol. The number of amides is 1. The number of hydrogen-bond donors (Lipinski definition) is 4. The standard InChI is InChI=1S/C24H29ClFN7O/c25-16-9-18-19(12-30-21(18)29-11-16)22-31-13-20(26)23(33-22)28-10-14-2-1-3-17(8-14)32-24(34)15-4-6-27-7-5-15/h9,11-15,17,27H,1-8,10H2,(H,29,30)(H,32,34)(H,28,31,33). The third-order valence-corrected chi connectivity index (χ3v) is 7.09. The molecule has 4 N–H and O–H groups in total. The second-order valence-electron chi connectivity index (χ2n) is 9.29. The van der Waals surface area contributed by atoms with Crippen molar-refractivity contribution < 1.29 is 9.18 Å². The maximum absolute atomic E-state index is 14.5. The van der Waals surface area contributed by atoms with Crippen molar-refractivity contribution >= 4 is 34.4 Å². The summed E-state index contributed by atoms with van der Waals surface area (Å²) in [5.41, 5.74) is 1.38. The molecule has 1 amide bonds. The monoisotopic (exact) mass is 485 g/mol. The van der Waals surface area contributed by atoms with Crippen LogP contribution in [0.25, 0.3) is 22.4 Å². The molecule has 1 saturated heterocycles. The number of nitrogens with one attached hydrogen (secondary N) is 4. The van der Waals surface area contributed by atoms with E-state index >= 15 is 0 Å². The first kappa shape index (κ1) is 23.0. The molecule has 3 aromatic heterocycles. The Morgan fingerprint density at radius 2 is 2.03 bits per heavy atom. The van der Waals surface area contributed by atoms with Gasteiger partial charge in [-0.2, -0.15) is 0 Å². The molecule has 1 aliphatic heterocycles. The van der Waals surface area contributed by atoms with Gasteiger partial charge >= 0.3 is 0 Å². The van der Waals surface area contributed by atoms with E-state index in [1.165, 1.54) is 6.20 Å². The number of hydrogen-bond acceptors (Lipinski definition) is 6. The van der Waals surface area contributed by atoms with E-state index < -0.39 is 5.82 Å². The molecule has 5 rings (SSSR count).